The van der Waals surface area contributed by atoms with Crippen molar-refractivity contribution >= 4 is 61.6 Å². The van der Waals surface area contributed by atoms with Gasteiger partial charge in [-0.05, 0) is 42.6 Å². The molecule has 1 amide bonds. The molecule has 0 spiro atoms. The number of carbonyl (C=O) groups excluding carboxylic acids is 1. The number of hydrazone groups is 1. The van der Waals surface area contributed by atoms with Crippen molar-refractivity contribution in [3.63, 3.8) is 0 Å². The zero-order chi connectivity index (χ0) is 19.4. The lowest BCUT2D eigenvalue weighted by atomic mass is 10.2. The summed E-state index contributed by atoms with van der Waals surface area (Å²) >= 11 is 8.34. The van der Waals surface area contributed by atoms with Crippen LogP contribution in [0, 0.1) is 0 Å². The average Bonchev–Trinajstić information content (AvgIpc) is 3.31. The summed E-state index contributed by atoms with van der Waals surface area (Å²) in [6, 6.07) is 13.0. The van der Waals surface area contributed by atoms with Crippen LogP contribution in [0.3, 0.4) is 0 Å². The molecule has 0 aliphatic carbocycles. The first-order valence-electron chi connectivity index (χ1n) is 7.62. The molecule has 0 atom stereocenters. The van der Waals surface area contributed by atoms with E-state index < -0.39 is 15.9 Å². The predicted molar refractivity (Wildman–Crippen MR) is 111 cm³/mol. The molecule has 2 aromatic heterocycles. The van der Waals surface area contributed by atoms with Gasteiger partial charge < -0.3 is 0 Å². The van der Waals surface area contributed by atoms with Gasteiger partial charge in [0.05, 0.1) is 26.2 Å². The molecule has 0 bridgehead atoms. The molecule has 10 heteroatoms. The van der Waals surface area contributed by atoms with Crippen molar-refractivity contribution in [2.24, 2.45) is 5.10 Å². The Balaban J connectivity index is 1.80. The van der Waals surface area contributed by atoms with Crippen molar-refractivity contribution in [2.75, 3.05) is 4.72 Å². The highest BCUT2D eigenvalue weighted by molar-refractivity contribution is 7.94. The first-order valence-corrected chi connectivity index (χ1v) is 11.2. The SMILES string of the molecule is CC(=NNC(=O)c1ccccc1NS(=O)(=O)c1cccs1)c1ccc(Cl)s1. The van der Waals surface area contributed by atoms with Crippen LogP contribution in [0.5, 0.6) is 0 Å². The number of nitrogens with zero attached hydrogens (tertiary/aromatic N) is 1. The minimum Gasteiger partial charge on any atom is -0.278 e. The highest BCUT2D eigenvalue weighted by Gasteiger charge is 2.19. The summed E-state index contributed by atoms with van der Waals surface area (Å²) < 4.78 is 28.1. The minimum absolute atomic E-state index is 0.165. The molecule has 3 aromatic rings. The van der Waals surface area contributed by atoms with Gasteiger partial charge in [-0.1, -0.05) is 29.8 Å². The third kappa shape index (κ3) is 4.75. The van der Waals surface area contributed by atoms with Gasteiger partial charge in [-0.3, -0.25) is 9.52 Å². The maximum Gasteiger partial charge on any atom is 0.273 e. The van der Waals surface area contributed by atoms with E-state index in [9.17, 15) is 13.2 Å². The third-order valence-corrected chi connectivity index (χ3v) is 7.53. The quantitative estimate of drug-likeness (QED) is 0.440. The molecule has 0 radical (unpaired) electrons. The first kappa shape index (κ1) is 19.6. The van der Waals surface area contributed by atoms with Crippen LogP contribution in [0.1, 0.15) is 22.2 Å². The van der Waals surface area contributed by atoms with E-state index in [0.29, 0.717) is 10.0 Å². The van der Waals surface area contributed by atoms with Gasteiger partial charge in [-0.15, -0.1) is 22.7 Å². The number of rotatable bonds is 6. The van der Waals surface area contributed by atoms with Crippen LogP contribution < -0.4 is 10.1 Å². The maximum absolute atomic E-state index is 12.5. The van der Waals surface area contributed by atoms with Gasteiger partial charge in [0.2, 0.25) is 0 Å². The summed E-state index contributed by atoms with van der Waals surface area (Å²) in [6.45, 7) is 1.74. The fourth-order valence-corrected chi connectivity index (χ4v) is 5.20. The molecule has 3 rings (SSSR count). The summed E-state index contributed by atoms with van der Waals surface area (Å²) in [5, 5.41) is 5.73. The van der Waals surface area contributed by atoms with Gasteiger partial charge in [0, 0.05) is 0 Å². The van der Waals surface area contributed by atoms with Gasteiger partial charge in [-0.25, -0.2) is 13.8 Å². The molecular formula is C17H14ClN3O3S3. The average molecular weight is 440 g/mol. The molecule has 2 heterocycles. The molecule has 6 nitrogen and oxygen atoms in total. The molecular weight excluding hydrogens is 426 g/mol. The van der Waals surface area contributed by atoms with Crippen LogP contribution in [-0.2, 0) is 10.0 Å². The number of hydrogen-bond acceptors (Lipinski definition) is 6. The van der Waals surface area contributed by atoms with Gasteiger partial charge >= 0.3 is 0 Å². The van der Waals surface area contributed by atoms with Crippen molar-refractivity contribution in [3.05, 3.63) is 68.7 Å². The van der Waals surface area contributed by atoms with Gasteiger partial charge in [0.25, 0.3) is 15.9 Å². The maximum atomic E-state index is 12.5. The number of anilines is 1. The molecule has 0 aliphatic rings. The van der Waals surface area contributed by atoms with E-state index >= 15 is 0 Å². The van der Waals surface area contributed by atoms with E-state index in [1.165, 1.54) is 29.5 Å². The molecule has 0 fully saturated rings. The highest BCUT2D eigenvalue weighted by atomic mass is 35.5. The van der Waals surface area contributed by atoms with Crippen LogP contribution in [0.2, 0.25) is 4.34 Å². The Labute approximate surface area is 169 Å². The molecule has 0 saturated carbocycles. The summed E-state index contributed by atoms with van der Waals surface area (Å²) in [4.78, 5) is 13.3. The molecule has 1 aromatic carbocycles. The van der Waals surface area contributed by atoms with Crippen molar-refractivity contribution in [2.45, 2.75) is 11.1 Å². The number of carbonyl (C=O) groups is 1. The van der Waals surface area contributed by atoms with Crippen molar-refractivity contribution in [1.82, 2.24) is 5.43 Å². The Morgan fingerprint density at radius 1 is 1.11 bits per heavy atom. The van der Waals surface area contributed by atoms with E-state index in [1.54, 1.807) is 42.6 Å². The Kier molecular flexibility index (Phi) is 5.95. The van der Waals surface area contributed by atoms with Gasteiger partial charge in [0.15, 0.2) is 0 Å². The number of amides is 1. The number of hydrogen-bond donors (Lipinski definition) is 2. The number of sulfonamides is 1. The topological polar surface area (TPSA) is 87.6 Å². The molecule has 0 saturated heterocycles. The van der Waals surface area contributed by atoms with E-state index in [0.717, 1.165) is 16.2 Å². The van der Waals surface area contributed by atoms with E-state index in [-0.39, 0.29) is 15.5 Å². The Morgan fingerprint density at radius 3 is 2.56 bits per heavy atom. The van der Waals surface area contributed by atoms with Crippen LogP contribution in [0.4, 0.5) is 5.69 Å². The van der Waals surface area contributed by atoms with Crippen LogP contribution in [0.15, 0.2) is 63.2 Å². The van der Waals surface area contributed by atoms with Gasteiger partial charge in [0.1, 0.15) is 4.21 Å². The van der Waals surface area contributed by atoms with Gasteiger partial charge in [-0.2, -0.15) is 5.10 Å². The standard InChI is InChI=1S/C17H14ClN3O3S3/c1-11(14-8-9-15(18)26-14)19-20-17(22)12-5-2-3-6-13(12)21-27(23,24)16-7-4-10-25-16/h2-10,21H,1H3,(H,20,22). The summed E-state index contributed by atoms with van der Waals surface area (Å²) in [5.74, 6) is -0.526. The second kappa shape index (κ2) is 8.22. The van der Waals surface area contributed by atoms with Crippen LogP contribution >= 0.6 is 34.3 Å². The molecule has 27 heavy (non-hydrogen) atoms. The first-order chi connectivity index (χ1) is 12.9. The Morgan fingerprint density at radius 2 is 1.89 bits per heavy atom. The monoisotopic (exact) mass is 439 g/mol. The number of thiophene rings is 2. The van der Waals surface area contributed by atoms with Crippen LogP contribution in [0.25, 0.3) is 0 Å². The smallest absolute Gasteiger partial charge is 0.273 e. The zero-order valence-electron chi connectivity index (χ0n) is 14.0. The number of para-hydroxylation sites is 1. The third-order valence-electron chi connectivity index (χ3n) is 3.43. The molecule has 140 valence electrons. The highest BCUT2D eigenvalue weighted by Crippen LogP contribution is 2.23. The van der Waals surface area contributed by atoms with E-state index in [2.05, 4.69) is 15.2 Å². The predicted octanol–water partition coefficient (Wildman–Crippen LogP) is 4.42. The fourth-order valence-electron chi connectivity index (χ4n) is 2.14. The Hall–Kier alpha value is -2.20. The normalized spacial score (nSPS) is 12.0. The molecule has 0 aliphatic heterocycles. The second-order valence-corrected chi connectivity index (χ2v) is 9.90. The van der Waals surface area contributed by atoms with Crippen molar-refractivity contribution in [3.8, 4) is 0 Å². The lowest BCUT2D eigenvalue weighted by Crippen LogP contribution is -2.22. The molecule has 2 N–H and O–H groups in total. The molecule has 0 unspecified atom stereocenters. The largest absolute Gasteiger partial charge is 0.278 e. The summed E-state index contributed by atoms with van der Waals surface area (Å²) in [7, 11) is -3.76. The number of benzene rings is 1. The lowest BCUT2D eigenvalue weighted by molar-refractivity contribution is 0.0955. The van der Waals surface area contributed by atoms with Crippen LogP contribution in [-0.4, -0.2) is 20.0 Å². The number of halogens is 1. The Bertz CT molecular complexity index is 1090. The van der Waals surface area contributed by atoms with Crippen molar-refractivity contribution < 1.29 is 13.2 Å². The number of nitrogens with one attached hydrogen (secondary N) is 2. The summed E-state index contributed by atoms with van der Waals surface area (Å²) in [5.41, 5.74) is 3.38. The minimum atomic E-state index is -3.76. The lowest BCUT2D eigenvalue weighted by Gasteiger charge is -2.10. The zero-order valence-corrected chi connectivity index (χ0v) is 17.2. The van der Waals surface area contributed by atoms with E-state index in [4.69, 9.17) is 11.6 Å². The van der Waals surface area contributed by atoms with Crippen molar-refractivity contribution in [1.29, 1.82) is 0 Å². The fraction of sp³-hybridized carbons (Fsp3) is 0.0588. The summed E-state index contributed by atoms with van der Waals surface area (Å²) in [6.07, 6.45) is 0. The van der Waals surface area contributed by atoms with E-state index in [1.807, 2.05) is 0 Å². The second-order valence-electron chi connectivity index (χ2n) is 5.33.